The number of nitrogens with zero attached hydrogens (tertiary/aromatic N) is 3. The third-order valence-corrected chi connectivity index (χ3v) is 7.40. The molecule has 0 saturated heterocycles. The van der Waals surface area contributed by atoms with Gasteiger partial charge in [-0.05, 0) is 43.9 Å². The molecule has 1 unspecified atom stereocenters. The van der Waals surface area contributed by atoms with Crippen LogP contribution in [0.25, 0.3) is 27.5 Å². The van der Waals surface area contributed by atoms with E-state index in [1.807, 2.05) is 25.1 Å². The van der Waals surface area contributed by atoms with Gasteiger partial charge in [-0.1, -0.05) is 41.9 Å². The zero-order valence-electron chi connectivity index (χ0n) is 21.1. The fourth-order valence-electron chi connectivity index (χ4n) is 4.87. The predicted molar refractivity (Wildman–Crippen MR) is 152 cm³/mol. The summed E-state index contributed by atoms with van der Waals surface area (Å²) in [7, 11) is 0. The van der Waals surface area contributed by atoms with Crippen LogP contribution in [0, 0.1) is 5.92 Å². The third-order valence-electron chi connectivity index (χ3n) is 7.00. The van der Waals surface area contributed by atoms with Gasteiger partial charge >= 0.3 is 0 Å². The normalized spacial score (nSPS) is 13.9. The second-order valence-electron chi connectivity index (χ2n) is 9.71. The van der Waals surface area contributed by atoms with Crippen molar-refractivity contribution in [2.24, 2.45) is 5.92 Å². The molecule has 39 heavy (non-hydrogen) atoms. The van der Waals surface area contributed by atoms with Crippen molar-refractivity contribution in [1.29, 1.82) is 0 Å². The smallest absolute Gasteiger partial charge is 0.264 e. The van der Waals surface area contributed by atoms with Gasteiger partial charge in [0.25, 0.3) is 11.5 Å². The first-order chi connectivity index (χ1) is 18.9. The highest BCUT2D eigenvalue weighted by Crippen LogP contribution is 2.34. The molecule has 1 amide bonds. The Morgan fingerprint density at radius 2 is 1.87 bits per heavy atom. The summed E-state index contributed by atoms with van der Waals surface area (Å²) in [5.41, 5.74) is 1.12. The van der Waals surface area contributed by atoms with Crippen molar-refractivity contribution in [2.75, 3.05) is 11.9 Å². The van der Waals surface area contributed by atoms with Crippen molar-refractivity contribution < 1.29 is 4.79 Å². The number of hydrogen-bond acceptors (Lipinski definition) is 6. The average molecular weight is 541 g/mol. The van der Waals surface area contributed by atoms with E-state index in [-0.39, 0.29) is 27.8 Å². The number of pyridine rings is 2. The lowest BCUT2D eigenvalue weighted by molar-refractivity contribution is 0.0953. The van der Waals surface area contributed by atoms with Gasteiger partial charge in [0, 0.05) is 29.9 Å². The topological polar surface area (TPSA) is 122 Å². The molecule has 1 fully saturated rings. The molecule has 2 aromatic carbocycles. The maximum atomic E-state index is 14.2. The fraction of sp³-hybridized carbons (Fsp3) is 0.207. The molecule has 9 nitrogen and oxygen atoms in total. The van der Waals surface area contributed by atoms with Gasteiger partial charge in [-0.15, -0.1) is 0 Å². The molecular weight excluding hydrogens is 516 g/mol. The summed E-state index contributed by atoms with van der Waals surface area (Å²) >= 11 is 7.06. The highest BCUT2D eigenvalue weighted by molar-refractivity contribution is 6.36. The SMILES string of the molecule is CC(Nc1ncnc2[nH]ccc(=O)c12)c1c(Cl)c2cccc(C(=O)NCC3CC3)c2c(=O)n1-c1ccccc1. The highest BCUT2D eigenvalue weighted by atomic mass is 35.5. The van der Waals surface area contributed by atoms with Crippen molar-refractivity contribution in [3.8, 4) is 5.69 Å². The minimum atomic E-state index is -0.570. The van der Waals surface area contributed by atoms with Crippen molar-refractivity contribution in [3.63, 3.8) is 0 Å². The van der Waals surface area contributed by atoms with Crippen LogP contribution in [0.3, 0.4) is 0 Å². The van der Waals surface area contributed by atoms with E-state index < -0.39 is 6.04 Å². The first kappa shape index (κ1) is 24.8. The summed E-state index contributed by atoms with van der Waals surface area (Å²) in [6.45, 7) is 2.42. The minimum Gasteiger partial charge on any atom is -0.361 e. The molecule has 3 heterocycles. The standard InChI is InChI=1S/C29H25ClN6O3/c1-16(35-27-23-21(37)12-13-31-26(23)33-15-34-27)25-24(30)19-8-5-9-20(28(38)32-14-17-10-11-17)22(19)29(39)36(25)18-6-3-2-4-7-18/h2-9,12-13,15-17H,10-11,14H2,1H3,(H,32,38)(H2,31,33,34,35,37). The van der Waals surface area contributed by atoms with Gasteiger partial charge in [0.05, 0.1) is 27.7 Å². The molecule has 1 aliphatic carbocycles. The van der Waals surface area contributed by atoms with E-state index in [2.05, 4.69) is 25.6 Å². The molecule has 6 rings (SSSR count). The van der Waals surface area contributed by atoms with Gasteiger partial charge in [-0.3, -0.25) is 19.0 Å². The molecule has 1 saturated carbocycles. The second kappa shape index (κ2) is 9.99. The third kappa shape index (κ3) is 4.55. The number of amides is 1. The highest BCUT2D eigenvalue weighted by Gasteiger charge is 2.26. The summed E-state index contributed by atoms with van der Waals surface area (Å²) in [6, 6.07) is 15.1. The molecule has 0 spiro atoms. The number of hydrogen-bond donors (Lipinski definition) is 3. The van der Waals surface area contributed by atoms with Crippen molar-refractivity contribution in [2.45, 2.75) is 25.8 Å². The lowest BCUT2D eigenvalue weighted by Gasteiger charge is -2.24. The molecule has 196 valence electrons. The molecule has 0 radical (unpaired) electrons. The van der Waals surface area contributed by atoms with E-state index in [1.165, 1.54) is 23.2 Å². The number of rotatable bonds is 7. The maximum absolute atomic E-state index is 14.2. The minimum absolute atomic E-state index is 0.244. The average Bonchev–Trinajstić information content (AvgIpc) is 3.78. The summed E-state index contributed by atoms with van der Waals surface area (Å²) in [5.74, 6) is 0.508. The number of carbonyl (C=O) groups is 1. The zero-order chi connectivity index (χ0) is 27.1. The number of halogens is 1. The predicted octanol–water partition coefficient (Wildman–Crippen LogP) is 4.59. The summed E-state index contributed by atoms with van der Waals surface area (Å²) in [5, 5.41) is 7.57. The van der Waals surface area contributed by atoms with E-state index in [9.17, 15) is 14.4 Å². The number of fused-ring (bicyclic) bond motifs is 2. The van der Waals surface area contributed by atoms with Crippen LogP contribution in [-0.2, 0) is 0 Å². The molecule has 1 atom stereocenters. The second-order valence-corrected chi connectivity index (χ2v) is 10.1. The van der Waals surface area contributed by atoms with E-state index in [0.29, 0.717) is 51.1 Å². The molecular formula is C29H25ClN6O3. The fourth-order valence-corrected chi connectivity index (χ4v) is 5.28. The van der Waals surface area contributed by atoms with E-state index in [1.54, 1.807) is 30.3 Å². The lowest BCUT2D eigenvalue weighted by atomic mass is 10.0. The van der Waals surface area contributed by atoms with Gasteiger partial charge in [-0.2, -0.15) is 0 Å². The number of carbonyl (C=O) groups excluding carboxylic acids is 1. The summed E-state index contributed by atoms with van der Waals surface area (Å²) < 4.78 is 1.52. The first-order valence-electron chi connectivity index (χ1n) is 12.7. The van der Waals surface area contributed by atoms with Gasteiger partial charge in [0.1, 0.15) is 23.2 Å². The number of benzene rings is 2. The summed E-state index contributed by atoms with van der Waals surface area (Å²) in [6.07, 6.45) is 5.08. The van der Waals surface area contributed by atoms with Gasteiger partial charge in [0.2, 0.25) is 0 Å². The monoisotopic (exact) mass is 540 g/mol. The molecule has 1 aliphatic rings. The molecule has 0 bridgehead atoms. The number of nitrogens with one attached hydrogen (secondary N) is 3. The van der Waals surface area contributed by atoms with Gasteiger partial charge in [-0.25, -0.2) is 9.97 Å². The van der Waals surface area contributed by atoms with Crippen LogP contribution in [0.4, 0.5) is 5.82 Å². The Morgan fingerprint density at radius 3 is 2.64 bits per heavy atom. The van der Waals surface area contributed by atoms with Crippen LogP contribution in [0.15, 0.2) is 76.7 Å². The van der Waals surface area contributed by atoms with Crippen LogP contribution in [-0.4, -0.2) is 32.0 Å². The van der Waals surface area contributed by atoms with Crippen LogP contribution in [0.1, 0.15) is 41.9 Å². The molecule has 5 aromatic rings. The molecule has 0 aliphatic heterocycles. The van der Waals surface area contributed by atoms with E-state index in [4.69, 9.17) is 11.6 Å². The Morgan fingerprint density at radius 1 is 1.08 bits per heavy atom. The van der Waals surface area contributed by atoms with Crippen molar-refractivity contribution in [3.05, 3.63) is 104 Å². The largest absolute Gasteiger partial charge is 0.361 e. The first-order valence-corrected chi connectivity index (χ1v) is 13.1. The van der Waals surface area contributed by atoms with Crippen LogP contribution < -0.4 is 21.6 Å². The number of aromatic amines is 1. The maximum Gasteiger partial charge on any atom is 0.264 e. The van der Waals surface area contributed by atoms with E-state index >= 15 is 0 Å². The molecule has 10 heteroatoms. The lowest BCUT2D eigenvalue weighted by Crippen LogP contribution is -2.30. The van der Waals surface area contributed by atoms with Crippen LogP contribution in [0.5, 0.6) is 0 Å². The van der Waals surface area contributed by atoms with Crippen molar-refractivity contribution in [1.82, 2.24) is 24.8 Å². The Bertz CT molecular complexity index is 1840. The Hall–Kier alpha value is -4.50. The van der Waals surface area contributed by atoms with Crippen LogP contribution in [0.2, 0.25) is 5.02 Å². The molecule has 3 aromatic heterocycles. The quantitative estimate of drug-likeness (QED) is 0.277. The Kier molecular flexibility index (Phi) is 6.36. The van der Waals surface area contributed by atoms with Crippen molar-refractivity contribution >= 4 is 45.1 Å². The Labute approximate surface area is 227 Å². The molecule has 3 N–H and O–H groups in total. The number of H-pyrrole nitrogens is 1. The number of anilines is 1. The van der Waals surface area contributed by atoms with Gasteiger partial charge in [0.15, 0.2) is 5.43 Å². The number of aromatic nitrogens is 4. The van der Waals surface area contributed by atoms with Gasteiger partial charge < -0.3 is 15.6 Å². The van der Waals surface area contributed by atoms with Crippen LogP contribution >= 0.6 is 11.6 Å². The van der Waals surface area contributed by atoms with E-state index in [0.717, 1.165) is 12.8 Å². The summed E-state index contributed by atoms with van der Waals surface area (Å²) in [4.78, 5) is 51.4. The Balaban J connectivity index is 1.54. The zero-order valence-corrected chi connectivity index (χ0v) is 21.8. The number of para-hydroxylation sites is 1.